The third kappa shape index (κ3) is 4.64. The van der Waals surface area contributed by atoms with E-state index >= 15 is 0 Å². The zero-order valence-corrected chi connectivity index (χ0v) is 29.0. The molecule has 0 N–H and O–H groups in total. The van der Waals surface area contributed by atoms with Crippen LogP contribution in [0.4, 0.5) is 0 Å². The normalized spacial score (nSPS) is 11.8. The number of aromatic nitrogens is 1. The molecule has 11 aromatic rings. The van der Waals surface area contributed by atoms with Gasteiger partial charge in [0.25, 0.3) is 0 Å². The van der Waals surface area contributed by atoms with E-state index < -0.39 is 0 Å². The predicted molar refractivity (Wildman–Crippen MR) is 227 cm³/mol. The quantitative estimate of drug-likeness (QED) is 0.164. The Labute approximate surface area is 307 Å². The highest BCUT2D eigenvalue weighted by atomic mass is 15.0. The van der Waals surface area contributed by atoms with E-state index in [9.17, 15) is 0 Å². The molecule has 0 aliphatic carbocycles. The van der Waals surface area contributed by atoms with Gasteiger partial charge in [-0.1, -0.05) is 164 Å². The van der Waals surface area contributed by atoms with Crippen molar-refractivity contribution in [2.24, 2.45) is 0 Å². The van der Waals surface area contributed by atoms with Crippen molar-refractivity contribution >= 4 is 64.9 Å². The molecule has 0 unspecified atom stereocenters. The molecule has 10 aromatic carbocycles. The lowest BCUT2D eigenvalue weighted by atomic mass is 9.84. The monoisotopic (exact) mass is 671 g/mol. The molecule has 0 spiro atoms. The zero-order chi connectivity index (χ0) is 34.9. The van der Waals surface area contributed by atoms with Crippen LogP contribution in [-0.2, 0) is 0 Å². The molecule has 0 amide bonds. The number of benzene rings is 10. The fourth-order valence-electron chi connectivity index (χ4n) is 8.77. The number of rotatable bonds is 4. The first-order chi connectivity index (χ1) is 26.3. The minimum Gasteiger partial charge on any atom is -0.309 e. The van der Waals surface area contributed by atoms with E-state index in [4.69, 9.17) is 0 Å². The Kier molecular flexibility index (Phi) is 6.62. The highest BCUT2D eigenvalue weighted by Gasteiger charge is 2.19. The average Bonchev–Trinajstić information content (AvgIpc) is 3.57. The summed E-state index contributed by atoms with van der Waals surface area (Å²) in [6.07, 6.45) is 0. The highest BCUT2D eigenvalue weighted by Crippen LogP contribution is 2.46. The summed E-state index contributed by atoms with van der Waals surface area (Å²) >= 11 is 0. The second kappa shape index (κ2) is 11.8. The van der Waals surface area contributed by atoms with Gasteiger partial charge < -0.3 is 4.57 Å². The largest absolute Gasteiger partial charge is 0.309 e. The van der Waals surface area contributed by atoms with Gasteiger partial charge in [-0.25, -0.2) is 0 Å². The Balaban J connectivity index is 1.18. The lowest BCUT2D eigenvalue weighted by molar-refractivity contribution is 1.18. The summed E-state index contributed by atoms with van der Waals surface area (Å²) in [7, 11) is 0. The minimum absolute atomic E-state index is 1.16. The smallest absolute Gasteiger partial charge is 0.0541 e. The summed E-state index contributed by atoms with van der Waals surface area (Å²) in [5, 5.41) is 12.6. The molecule has 0 saturated heterocycles. The van der Waals surface area contributed by atoms with E-state index in [-0.39, 0.29) is 0 Å². The third-order valence-corrected chi connectivity index (χ3v) is 11.2. The fourth-order valence-corrected chi connectivity index (χ4v) is 8.77. The van der Waals surface area contributed by atoms with Gasteiger partial charge in [-0.05, 0) is 113 Å². The predicted octanol–water partition coefficient (Wildman–Crippen LogP) is 14.4. The fraction of sp³-hybridized carbons (Fsp3) is 0. The second-order valence-electron chi connectivity index (χ2n) is 14.1. The van der Waals surface area contributed by atoms with Gasteiger partial charge in [-0.15, -0.1) is 0 Å². The zero-order valence-electron chi connectivity index (χ0n) is 29.0. The molecule has 1 heterocycles. The summed E-state index contributed by atoms with van der Waals surface area (Å²) < 4.78 is 2.39. The molecule has 1 nitrogen and oxygen atoms in total. The van der Waals surface area contributed by atoms with Crippen molar-refractivity contribution in [2.45, 2.75) is 0 Å². The van der Waals surface area contributed by atoms with Gasteiger partial charge in [-0.3, -0.25) is 0 Å². The number of fused-ring (bicyclic) bond motifs is 7. The maximum Gasteiger partial charge on any atom is 0.0541 e. The van der Waals surface area contributed by atoms with E-state index in [0.717, 1.165) is 5.69 Å². The molecule has 11 rings (SSSR count). The van der Waals surface area contributed by atoms with Crippen molar-refractivity contribution < 1.29 is 0 Å². The summed E-state index contributed by atoms with van der Waals surface area (Å²) in [5.41, 5.74) is 11.0. The standard InChI is InChI=1S/C52H33N/c1-2-14-37-32-39(25-24-34(37)12-1)52-46-20-6-5-19-45(46)51(47-31-28-38(33-48(47)52)42-21-11-15-35-13-3-4-16-41(35)42)36-26-29-40(30-27-36)53-49-22-9-7-17-43(49)44-18-8-10-23-50(44)53/h1-33H. The van der Waals surface area contributed by atoms with Crippen molar-refractivity contribution in [3.05, 3.63) is 200 Å². The van der Waals surface area contributed by atoms with E-state index in [1.54, 1.807) is 0 Å². The van der Waals surface area contributed by atoms with Crippen LogP contribution in [0, 0.1) is 0 Å². The minimum atomic E-state index is 1.16. The Morgan fingerprint density at radius 1 is 0.264 bits per heavy atom. The SMILES string of the molecule is c1ccc2cc(-c3c4ccccc4c(-c4ccc(-n5c6ccccc6c6ccccc65)cc4)c4ccc(-c5cccc6ccccc56)cc34)ccc2c1. The van der Waals surface area contributed by atoms with Gasteiger partial charge in [0.1, 0.15) is 0 Å². The van der Waals surface area contributed by atoms with E-state index in [2.05, 4.69) is 205 Å². The number of para-hydroxylation sites is 2. The maximum absolute atomic E-state index is 2.43. The van der Waals surface area contributed by atoms with E-state index in [1.165, 1.54) is 98.3 Å². The van der Waals surface area contributed by atoms with Gasteiger partial charge in [0.2, 0.25) is 0 Å². The van der Waals surface area contributed by atoms with E-state index in [1.807, 2.05) is 0 Å². The van der Waals surface area contributed by atoms with Crippen molar-refractivity contribution in [3.8, 4) is 39.1 Å². The molecule has 0 atom stereocenters. The van der Waals surface area contributed by atoms with Crippen LogP contribution in [0.25, 0.3) is 104 Å². The second-order valence-corrected chi connectivity index (χ2v) is 14.1. The molecule has 0 radical (unpaired) electrons. The van der Waals surface area contributed by atoms with Crippen LogP contribution >= 0.6 is 0 Å². The van der Waals surface area contributed by atoms with Gasteiger partial charge in [0, 0.05) is 16.5 Å². The van der Waals surface area contributed by atoms with Gasteiger partial charge in [0.15, 0.2) is 0 Å². The Morgan fingerprint density at radius 2 is 0.774 bits per heavy atom. The van der Waals surface area contributed by atoms with Crippen LogP contribution in [0.2, 0.25) is 0 Å². The molecule has 53 heavy (non-hydrogen) atoms. The average molecular weight is 672 g/mol. The summed E-state index contributed by atoms with van der Waals surface area (Å²) in [4.78, 5) is 0. The van der Waals surface area contributed by atoms with Gasteiger partial charge >= 0.3 is 0 Å². The van der Waals surface area contributed by atoms with Crippen LogP contribution in [0.5, 0.6) is 0 Å². The Hall–Kier alpha value is -6.96. The number of hydrogen-bond acceptors (Lipinski definition) is 0. The first-order valence-electron chi connectivity index (χ1n) is 18.3. The summed E-state index contributed by atoms with van der Waals surface area (Å²) in [6, 6.07) is 73.6. The summed E-state index contributed by atoms with van der Waals surface area (Å²) in [6.45, 7) is 0. The molecule has 0 aliphatic rings. The first kappa shape index (κ1) is 29.7. The topological polar surface area (TPSA) is 4.93 Å². The van der Waals surface area contributed by atoms with Crippen LogP contribution in [0.1, 0.15) is 0 Å². The molecule has 0 fully saturated rings. The van der Waals surface area contributed by atoms with Gasteiger partial charge in [-0.2, -0.15) is 0 Å². The molecule has 246 valence electrons. The molecule has 1 heteroatoms. The van der Waals surface area contributed by atoms with Gasteiger partial charge in [0.05, 0.1) is 11.0 Å². The molecular weight excluding hydrogens is 639 g/mol. The number of nitrogens with zero attached hydrogens (tertiary/aromatic N) is 1. The molecular formula is C52H33N. The van der Waals surface area contributed by atoms with E-state index in [0.29, 0.717) is 0 Å². The summed E-state index contributed by atoms with van der Waals surface area (Å²) in [5.74, 6) is 0. The van der Waals surface area contributed by atoms with Crippen LogP contribution in [0.15, 0.2) is 200 Å². The Bertz CT molecular complexity index is 3160. The van der Waals surface area contributed by atoms with Crippen LogP contribution in [0.3, 0.4) is 0 Å². The number of hydrogen-bond donors (Lipinski definition) is 0. The third-order valence-electron chi connectivity index (χ3n) is 11.2. The van der Waals surface area contributed by atoms with Crippen LogP contribution in [-0.4, -0.2) is 4.57 Å². The highest BCUT2D eigenvalue weighted by molar-refractivity contribution is 6.22. The van der Waals surface area contributed by atoms with Crippen molar-refractivity contribution in [1.29, 1.82) is 0 Å². The van der Waals surface area contributed by atoms with Crippen molar-refractivity contribution in [1.82, 2.24) is 4.57 Å². The molecule has 1 aromatic heterocycles. The first-order valence-corrected chi connectivity index (χ1v) is 18.3. The molecule has 0 saturated carbocycles. The lowest BCUT2D eigenvalue weighted by Crippen LogP contribution is -1.95. The van der Waals surface area contributed by atoms with Crippen molar-refractivity contribution in [2.75, 3.05) is 0 Å². The molecule has 0 aliphatic heterocycles. The van der Waals surface area contributed by atoms with Crippen molar-refractivity contribution in [3.63, 3.8) is 0 Å². The lowest BCUT2D eigenvalue weighted by Gasteiger charge is -2.19. The molecule has 0 bridgehead atoms. The van der Waals surface area contributed by atoms with Crippen LogP contribution < -0.4 is 0 Å². The Morgan fingerprint density at radius 3 is 1.49 bits per heavy atom. The maximum atomic E-state index is 2.43.